The van der Waals surface area contributed by atoms with Gasteiger partial charge in [-0.25, -0.2) is 0 Å². The molecule has 0 amide bonds. The van der Waals surface area contributed by atoms with Gasteiger partial charge in [-0.1, -0.05) is 0 Å². The van der Waals surface area contributed by atoms with Gasteiger partial charge < -0.3 is 5.32 Å². The highest BCUT2D eigenvalue weighted by Crippen LogP contribution is 2.49. The molecule has 1 saturated carbocycles. The Morgan fingerprint density at radius 1 is 1.57 bits per heavy atom. The summed E-state index contributed by atoms with van der Waals surface area (Å²) in [6.45, 7) is 6.77. The van der Waals surface area contributed by atoms with Crippen LogP contribution in [-0.2, 0) is 0 Å². The molecule has 0 bridgehead atoms. The highest BCUT2D eigenvalue weighted by Gasteiger charge is 2.44. The molecule has 2 fully saturated rings. The summed E-state index contributed by atoms with van der Waals surface area (Å²) in [4.78, 5) is 2.54. The van der Waals surface area contributed by atoms with E-state index in [1.54, 1.807) is 0 Å². The van der Waals surface area contributed by atoms with Crippen molar-refractivity contribution in [1.82, 2.24) is 10.2 Å². The number of piperazine rings is 1. The fourth-order valence-corrected chi connectivity index (χ4v) is 2.28. The first kappa shape index (κ1) is 9.95. The minimum atomic E-state index is 0.375. The summed E-state index contributed by atoms with van der Waals surface area (Å²) >= 11 is 0. The molecule has 0 aromatic carbocycles. The van der Waals surface area contributed by atoms with Gasteiger partial charge in [-0.05, 0) is 25.2 Å². The molecule has 2 aliphatic rings. The van der Waals surface area contributed by atoms with Crippen LogP contribution in [-0.4, -0.2) is 37.1 Å². The summed E-state index contributed by atoms with van der Waals surface area (Å²) < 4.78 is 0. The molecule has 0 unspecified atom stereocenters. The van der Waals surface area contributed by atoms with E-state index in [9.17, 15) is 0 Å². The van der Waals surface area contributed by atoms with Crippen molar-refractivity contribution >= 4 is 0 Å². The van der Waals surface area contributed by atoms with Crippen LogP contribution in [0.3, 0.4) is 0 Å². The monoisotopic (exact) mass is 193 g/mol. The molecule has 78 valence electrons. The lowest BCUT2D eigenvalue weighted by Gasteiger charge is -2.36. The van der Waals surface area contributed by atoms with E-state index in [2.05, 4.69) is 23.2 Å². The summed E-state index contributed by atoms with van der Waals surface area (Å²) in [6, 6.07) is 2.97. The predicted molar refractivity (Wildman–Crippen MR) is 55.8 cm³/mol. The standard InChI is InChI=1S/C11H19N3/c1-10-8-13-6-7-14(10)9-11(2-3-11)4-5-12/h10,13H,2-4,6-9H2,1H3/t10-/m1/s1. The van der Waals surface area contributed by atoms with Gasteiger partial charge in [-0.2, -0.15) is 5.26 Å². The van der Waals surface area contributed by atoms with Gasteiger partial charge >= 0.3 is 0 Å². The molecule has 1 N–H and O–H groups in total. The third kappa shape index (κ3) is 2.08. The average molecular weight is 193 g/mol. The van der Waals surface area contributed by atoms with Crippen LogP contribution < -0.4 is 5.32 Å². The van der Waals surface area contributed by atoms with Gasteiger partial charge in [-0.3, -0.25) is 4.90 Å². The van der Waals surface area contributed by atoms with Gasteiger partial charge in [0.2, 0.25) is 0 Å². The normalized spacial score (nSPS) is 31.0. The highest BCUT2D eigenvalue weighted by atomic mass is 15.2. The zero-order chi connectivity index (χ0) is 10.0. The Balaban J connectivity index is 1.87. The number of hydrogen-bond acceptors (Lipinski definition) is 3. The van der Waals surface area contributed by atoms with Gasteiger partial charge in [0.05, 0.1) is 6.07 Å². The van der Waals surface area contributed by atoms with Crippen molar-refractivity contribution in [3.63, 3.8) is 0 Å². The van der Waals surface area contributed by atoms with E-state index in [1.807, 2.05) is 0 Å². The molecule has 3 nitrogen and oxygen atoms in total. The molecule has 0 spiro atoms. The van der Waals surface area contributed by atoms with Crippen LogP contribution in [0.4, 0.5) is 0 Å². The maximum atomic E-state index is 8.76. The third-order valence-corrected chi connectivity index (χ3v) is 3.59. The topological polar surface area (TPSA) is 39.1 Å². The highest BCUT2D eigenvalue weighted by molar-refractivity contribution is 5.02. The van der Waals surface area contributed by atoms with E-state index in [4.69, 9.17) is 5.26 Å². The summed E-state index contributed by atoms with van der Waals surface area (Å²) in [5.41, 5.74) is 0.375. The number of rotatable bonds is 3. The van der Waals surface area contributed by atoms with Crippen LogP contribution in [0.5, 0.6) is 0 Å². The first-order chi connectivity index (χ1) is 6.76. The largest absolute Gasteiger partial charge is 0.314 e. The molecule has 1 atom stereocenters. The molecule has 2 rings (SSSR count). The smallest absolute Gasteiger partial charge is 0.0628 e. The van der Waals surface area contributed by atoms with Crippen molar-refractivity contribution in [2.24, 2.45) is 5.41 Å². The molecule has 14 heavy (non-hydrogen) atoms. The molecule has 1 saturated heterocycles. The van der Waals surface area contributed by atoms with Crippen LogP contribution in [0.1, 0.15) is 26.2 Å². The van der Waals surface area contributed by atoms with Crippen molar-refractivity contribution in [3.8, 4) is 6.07 Å². The Morgan fingerprint density at radius 3 is 2.93 bits per heavy atom. The summed E-state index contributed by atoms with van der Waals surface area (Å²) in [6.07, 6.45) is 3.28. The molecule has 0 aromatic rings. The molecular formula is C11H19N3. The molecule has 0 radical (unpaired) electrons. The Morgan fingerprint density at radius 2 is 2.36 bits per heavy atom. The quantitative estimate of drug-likeness (QED) is 0.726. The number of nitriles is 1. The minimum absolute atomic E-state index is 0.375. The Hall–Kier alpha value is -0.590. The average Bonchev–Trinajstić information content (AvgIpc) is 2.90. The Labute approximate surface area is 86.1 Å². The van der Waals surface area contributed by atoms with Crippen LogP contribution >= 0.6 is 0 Å². The SMILES string of the molecule is C[C@@H]1CNCCN1CC1(CC#N)CC1. The lowest BCUT2D eigenvalue weighted by atomic mass is 10.0. The maximum absolute atomic E-state index is 8.76. The van der Waals surface area contributed by atoms with Crippen LogP contribution in [0.2, 0.25) is 0 Å². The fraction of sp³-hybridized carbons (Fsp3) is 0.909. The summed E-state index contributed by atoms with van der Waals surface area (Å²) in [5, 5.41) is 12.2. The van der Waals surface area contributed by atoms with Crippen LogP contribution in [0.15, 0.2) is 0 Å². The molecular weight excluding hydrogens is 174 g/mol. The van der Waals surface area contributed by atoms with Crippen LogP contribution in [0.25, 0.3) is 0 Å². The first-order valence-electron chi connectivity index (χ1n) is 5.57. The van der Waals surface area contributed by atoms with Crippen molar-refractivity contribution in [3.05, 3.63) is 0 Å². The van der Waals surface area contributed by atoms with Gasteiger partial charge in [-0.15, -0.1) is 0 Å². The van der Waals surface area contributed by atoms with Crippen molar-refractivity contribution in [2.45, 2.75) is 32.2 Å². The second-order valence-corrected chi connectivity index (χ2v) is 4.86. The summed E-state index contributed by atoms with van der Waals surface area (Å²) in [5.74, 6) is 0. The van der Waals surface area contributed by atoms with Crippen LogP contribution in [0, 0.1) is 16.7 Å². The third-order valence-electron chi connectivity index (χ3n) is 3.59. The Kier molecular flexibility index (Phi) is 2.76. The fourth-order valence-electron chi connectivity index (χ4n) is 2.28. The lowest BCUT2D eigenvalue weighted by molar-refractivity contribution is 0.141. The van der Waals surface area contributed by atoms with E-state index in [0.717, 1.165) is 32.6 Å². The summed E-state index contributed by atoms with van der Waals surface area (Å²) in [7, 11) is 0. The molecule has 1 aliphatic carbocycles. The van der Waals surface area contributed by atoms with E-state index >= 15 is 0 Å². The first-order valence-corrected chi connectivity index (χ1v) is 5.57. The molecule has 3 heteroatoms. The zero-order valence-corrected chi connectivity index (χ0v) is 8.92. The molecule has 0 aromatic heterocycles. The predicted octanol–water partition coefficient (Wildman–Crippen LogP) is 0.974. The van der Waals surface area contributed by atoms with E-state index in [0.29, 0.717) is 11.5 Å². The van der Waals surface area contributed by atoms with Crippen molar-refractivity contribution < 1.29 is 0 Å². The molecule has 1 aliphatic heterocycles. The van der Waals surface area contributed by atoms with Crippen molar-refractivity contribution in [2.75, 3.05) is 26.2 Å². The van der Waals surface area contributed by atoms with E-state index in [1.165, 1.54) is 12.8 Å². The number of nitrogens with one attached hydrogen (secondary N) is 1. The Bertz CT molecular complexity index is 239. The van der Waals surface area contributed by atoms with Gasteiger partial charge in [0, 0.05) is 38.6 Å². The van der Waals surface area contributed by atoms with Gasteiger partial charge in [0.25, 0.3) is 0 Å². The maximum Gasteiger partial charge on any atom is 0.0628 e. The van der Waals surface area contributed by atoms with E-state index in [-0.39, 0.29) is 0 Å². The second-order valence-electron chi connectivity index (χ2n) is 4.86. The molecule has 1 heterocycles. The minimum Gasteiger partial charge on any atom is -0.314 e. The van der Waals surface area contributed by atoms with Crippen molar-refractivity contribution in [1.29, 1.82) is 5.26 Å². The number of nitrogens with zero attached hydrogens (tertiary/aromatic N) is 2. The zero-order valence-electron chi connectivity index (χ0n) is 8.92. The van der Waals surface area contributed by atoms with E-state index < -0.39 is 0 Å². The second kappa shape index (κ2) is 3.88. The lowest BCUT2D eigenvalue weighted by Crippen LogP contribution is -2.51. The number of hydrogen-bond donors (Lipinski definition) is 1. The van der Waals surface area contributed by atoms with Gasteiger partial charge in [0.15, 0.2) is 0 Å². The van der Waals surface area contributed by atoms with Gasteiger partial charge in [0.1, 0.15) is 0 Å².